The zero-order valence-corrected chi connectivity index (χ0v) is 13.3. The molecule has 1 unspecified atom stereocenters. The van der Waals surface area contributed by atoms with Crippen molar-refractivity contribution in [2.75, 3.05) is 24.3 Å². The number of nitrogens with one attached hydrogen (secondary N) is 1. The van der Waals surface area contributed by atoms with Gasteiger partial charge in [0.25, 0.3) is 0 Å². The topological polar surface area (TPSA) is 28.2 Å². The number of aromatic nitrogens is 1. The van der Waals surface area contributed by atoms with Gasteiger partial charge in [0.1, 0.15) is 0 Å². The Bertz CT molecular complexity index is 731. The SMILES string of the molecule is CC(Nc1ccc(N(C)C)cc1)c1cnc2ccsc2c1. The fourth-order valence-electron chi connectivity index (χ4n) is 2.29. The lowest BCUT2D eigenvalue weighted by atomic mass is 10.1. The number of nitrogens with zero attached hydrogens (tertiary/aromatic N) is 2. The average Bonchev–Trinajstić information content (AvgIpc) is 2.95. The summed E-state index contributed by atoms with van der Waals surface area (Å²) < 4.78 is 1.24. The molecule has 0 aliphatic rings. The van der Waals surface area contributed by atoms with Crippen LogP contribution in [0.15, 0.2) is 48.0 Å². The number of hydrogen-bond donors (Lipinski definition) is 1. The molecule has 0 bridgehead atoms. The summed E-state index contributed by atoms with van der Waals surface area (Å²) in [5, 5.41) is 5.61. The summed E-state index contributed by atoms with van der Waals surface area (Å²) in [5.74, 6) is 0. The molecule has 3 rings (SSSR count). The third kappa shape index (κ3) is 3.00. The van der Waals surface area contributed by atoms with E-state index in [-0.39, 0.29) is 6.04 Å². The van der Waals surface area contributed by atoms with Crippen molar-refractivity contribution in [1.29, 1.82) is 0 Å². The molecule has 0 saturated heterocycles. The first-order valence-electron chi connectivity index (χ1n) is 7.00. The van der Waals surface area contributed by atoms with Crippen LogP contribution in [-0.4, -0.2) is 19.1 Å². The monoisotopic (exact) mass is 297 g/mol. The normalized spacial score (nSPS) is 12.3. The van der Waals surface area contributed by atoms with Gasteiger partial charge in [-0.1, -0.05) is 0 Å². The number of thiophene rings is 1. The molecule has 108 valence electrons. The molecule has 0 spiro atoms. The second kappa shape index (κ2) is 5.74. The molecule has 0 radical (unpaired) electrons. The number of hydrogen-bond acceptors (Lipinski definition) is 4. The van der Waals surface area contributed by atoms with E-state index in [1.165, 1.54) is 16.0 Å². The van der Waals surface area contributed by atoms with Crippen molar-refractivity contribution in [3.05, 3.63) is 53.5 Å². The predicted octanol–water partition coefficient (Wildman–Crippen LogP) is 4.54. The van der Waals surface area contributed by atoms with Crippen molar-refractivity contribution in [3.8, 4) is 0 Å². The van der Waals surface area contributed by atoms with Crippen LogP contribution in [0.1, 0.15) is 18.5 Å². The Morgan fingerprint density at radius 1 is 1.14 bits per heavy atom. The lowest BCUT2D eigenvalue weighted by molar-refractivity contribution is 0.880. The third-order valence-corrected chi connectivity index (χ3v) is 4.44. The third-order valence-electron chi connectivity index (χ3n) is 3.59. The van der Waals surface area contributed by atoms with Gasteiger partial charge in [-0.15, -0.1) is 11.3 Å². The van der Waals surface area contributed by atoms with Gasteiger partial charge in [0, 0.05) is 31.7 Å². The van der Waals surface area contributed by atoms with Crippen molar-refractivity contribution in [1.82, 2.24) is 4.98 Å². The van der Waals surface area contributed by atoms with Crippen LogP contribution in [0.4, 0.5) is 11.4 Å². The van der Waals surface area contributed by atoms with Crippen molar-refractivity contribution in [2.24, 2.45) is 0 Å². The van der Waals surface area contributed by atoms with E-state index in [0.717, 1.165) is 11.2 Å². The maximum absolute atomic E-state index is 4.50. The Kier molecular flexibility index (Phi) is 3.80. The highest BCUT2D eigenvalue weighted by atomic mass is 32.1. The second-order valence-electron chi connectivity index (χ2n) is 5.38. The van der Waals surface area contributed by atoms with Gasteiger partial charge in [-0.3, -0.25) is 4.98 Å². The summed E-state index contributed by atoms with van der Waals surface area (Å²) in [5.41, 5.74) is 4.61. The van der Waals surface area contributed by atoms with Gasteiger partial charge in [-0.2, -0.15) is 0 Å². The van der Waals surface area contributed by atoms with E-state index in [9.17, 15) is 0 Å². The molecule has 0 amide bonds. The molecule has 2 aromatic heterocycles. The van der Waals surface area contributed by atoms with Crippen molar-refractivity contribution in [3.63, 3.8) is 0 Å². The van der Waals surface area contributed by atoms with Gasteiger partial charge in [0.2, 0.25) is 0 Å². The quantitative estimate of drug-likeness (QED) is 0.766. The summed E-state index contributed by atoms with van der Waals surface area (Å²) >= 11 is 1.73. The average molecular weight is 297 g/mol. The smallest absolute Gasteiger partial charge is 0.0809 e. The second-order valence-corrected chi connectivity index (χ2v) is 6.33. The van der Waals surface area contributed by atoms with E-state index < -0.39 is 0 Å². The van der Waals surface area contributed by atoms with E-state index in [1.807, 2.05) is 20.3 Å². The minimum Gasteiger partial charge on any atom is -0.378 e. The molecular formula is C17H19N3S. The van der Waals surface area contributed by atoms with Crippen LogP contribution in [0.2, 0.25) is 0 Å². The molecule has 0 fully saturated rings. The van der Waals surface area contributed by atoms with Gasteiger partial charge in [0.15, 0.2) is 0 Å². The van der Waals surface area contributed by atoms with E-state index in [0.29, 0.717) is 0 Å². The lowest BCUT2D eigenvalue weighted by Gasteiger charge is -2.17. The summed E-state index contributed by atoms with van der Waals surface area (Å²) in [6.45, 7) is 2.16. The number of benzene rings is 1. The molecule has 21 heavy (non-hydrogen) atoms. The molecular weight excluding hydrogens is 278 g/mol. The van der Waals surface area contributed by atoms with Gasteiger partial charge in [0.05, 0.1) is 16.3 Å². The largest absolute Gasteiger partial charge is 0.378 e. The Morgan fingerprint density at radius 2 is 1.90 bits per heavy atom. The first-order valence-corrected chi connectivity index (χ1v) is 7.88. The number of pyridine rings is 1. The molecule has 3 nitrogen and oxygen atoms in total. The van der Waals surface area contributed by atoms with E-state index >= 15 is 0 Å². The fraction of sp³-hybridized carbons (Fsp3) is 0.235. The van der Waals surface area contributed by atoms with Crippen LogP contribution in [-0.2, 0) is 0 Å². The predicted molar refractivity (Wildman–Crippen MR) is 92.4 cm³/mol. The zero-order valence-electron chi connectivity index (χ0n) is 12.5. The highest BCUT2D eigenvalue weighted by Crippen LogP contribution is 2.25. The molecule has 0 aliphatic carbocycles. The Hall–Kier alpha value is -2.07. The van der Waals surface area contributed by atoms with Crippen molar-refractivity contribution in [2.45, 2.75) is 13.0 Å². The summed E-state index contributed by atoms with van der Waals surface area (Å²) in [7, 11) is 4.10. The number of rotatable bonds is 4. The Labute approximate surface area is 129 Å². The minimum atomic E-state index is 0.231. The number of fused-ring (bicyclic) bond motifs is 1. The molecule has 2 heterocycles. The van der Waals surface area contributed by atoms with E-state index in [1.54, 1.807) is 11.3 Å². The van der Waals surface area contributed by atoms with Crippen molar-refractivity contribution >= 4 is 32.9 Å². The first kappa shape index (κ1) is 13.9. The molecule has 1 atom stereocenters. The maximum atomic E-state index is 4.50. The zero-order chi connectivity index (χ0) is 14.8. The van der Waals surface area contributed by atoms with Crippen LogP contribution in [0, 0.1) is 0 Å². The standard InChI is InChI=1S/C17H19N3S/c1-12(13-10-17-16(18-11-13)8-9-21-17)19-14-4-6-15(7-5-14)20(2)3/h4-12,19H,1-3H3. The molecule has 3 aromatic rings. The minimum absolute atomic E-state index is 0.231. The lowest BCUT2D eigenvalue weighted by Crippen LogP contribution is -2.09. The molecule has 4 heteroatoms. The highest BCUT2D eigenvalue weighted by molar-refractivity contribution is 7.17. The van der Waals surface area contributed by atoms with E-state index in [2.05, 4.69) is 63.9 Å². The van der Waals surface area contributed by atoms with Crippen LogP contribution >= 0.6 is 11.3 Å². The summed E-state index contributed by atoms with van der Waals surface area (Å²) in [6.07, 6.45) is 1.96. The summed E-state index contributed by atoms with van der Waals surface area (Å²) in [6, 6.07) is 13.0. The Morgan fingerprint density at radius 3 is 2.62 bits per heavy atom. The van der Waals surface area contributed by atoms with Crippen molar-refractivity contribution < 1.29 is 0 Å². The van der Waals surface area contributed by atoms with E-state index in [4.69, 9.17) is 0 Å². The summed E-state index contributed by atoms with van der Waals surface area (Å²) in [4.78, 5) is 6.60. The molecule has 1 aromatic carbocycles. The van der Waals surface area contributed by atoms with Crippen LogP contribution < -0.4 is 10.2 Å². The van der Waals surface area contributed by atoms with Crippen LogP contribution in [0.25, 0.3) is 10.2 Å². The molecule has 1 N–H and O–H groups in total. The Balaban J connectivity index is 1.77. The molecule has 0 aliphatic heterocycles. The van der Waals surface area contributed by atoms with Gasteiger partial charge >= 0.3 is 0 Å². The van der Waals surface area contributed by atoms with Crippen LogP contribution in [0.3, 0.4) is 0 Å². The highest BCUT2D eigenvalue weighted by Gasteiger charge is 2.08. The van der Waals surface area contributed by atoms with Crippen LogP contribution in [0.5, 0.6) is 0 Å². The first-order chi connectivity index (χ1) is 10.1. The fourth-order valence-corrected chi connectivity index (χ4v) is 3.08. The number of anilines is 2. The van der Waals surface area contributed by atoms with Gasteiger partial charge in [-0.25, -0.2) is 0 Å². The maximum Gasteiger partial charge on any atom is 0.0809 e. The van der Waals surface area contributed by atoms with Gasteiger partial charge in [-0.05, 0) is 54.3 Å². The van der Waals surface area contributed by atoms with Gasteiger partial charge < -0.3 is 10.2 Å². The molecule has 0 saturated carbocycles.